The lowest BCUT2D eigenvalue weighted by atomic mass is 9.94. The normalized spacial score (nSPS) is 20.2. The first-order valence-electron chi connectivity index (χ1n) is 7.84. The molecule has 2 aromatic carbocycles. The highest BCUT2D eigenvalue weighted by Gasteiger charge is 2.25. The molecule has 0 amide bonds. The lowest BCUT2D eigenvalue weighted by molar-refractivity contribution is 0.340. The van der Waals surface area contributed by atoms with Crippen LogP contribution in [0.3, 0.4) is 0 Å². The molecule has 6 heteroatoms. The average molecular weight is 364 g/mol. The topological polar surface area (TPSA) is 59.6 Å². The first-order valence-corrected chi connectivity index (χ1v) is 8.60. The Labute approximate surface area is 151 Å². The van der Waals surface area contributed by atoms with E-state index in [0.29, 0.717) is 22.6 Å². The van der Waals surface area contributed by atoms with E-state index in [9.17, 15) is 0 Å². The van der Waals surface area contributed by atoms with Crippen LogP contribution >= 0.6 is 23.2 Å². The fourth-order valence-corrected chi connectivity index (χ4v) is 3.14. The van der Waals surface area contributed by atoms with Crippen molar-refractivity contribution in [3.63, 3.8) is 0 Å². The second-order valence-electron chi connectivity index (χ2n) is 5.64. The Balaban J connectivity index is 1.82. The maximum absolute atomic E-state index is 6.13. The zero-order chi connectivity index (χ0) is 17.1. The minimum Gasteiger partial charge on any atom is -0.494 e. The highest BCUT2D eigenvalue weighted by atomic mass is 35.5. The van der Waals surface area contributed by atoms with Gasteiger partial charge in [0.1, 0.15) is 5.75 Å². The van der Waals surface area contributed by atoms with Gasteiger partial charge in [0.2, 0.25) is 0 Å². The van der Waals surface area contributed by atoms with E-state index in [1.54, 1.807) is 6.07 Å². The number of nitrogens with two attached hydrogens (primary N) is 1. The van der Waals surface area contributed by atoms with Gasteiger partial charge in [-0.15, -0.1) is 0 Å². The molecule has 0 aromatic heterocycles. The van der Waals surface area contributed by atoms with Crippen LogP contribution in [0.25, 0.3) is 0 Å². The second kappa shape index (κ2) is 7.32. The molecule has 126 valence electrons. The number of nitrogens with zero attached hydrogens (tertiary/aromatic N) is 1. The Hall–Kier alpha value is -1.91. The van der Waals surface area contributed by atoms with Crippen molar-refractivity contribution >= 4 is 29.2 Å². The number of halogens is 2. The Morgan fingerprint density at radius 1 is 1.12 bits per heavy atom. The molecule has 0 saturated heterocycles. The summed E-state index contributed by atoms with van der Waals surface area (Å²) < 4.78 is 5.49. The van der Waals surface area contributed by atoms with Crippen LogP contribution in [-0.4, -0.2) is 12.6 Å². The van der Waals surface area contributed by atoms with Crippen molar-refractivity contribution in [3.05, 3.63) is 63.6 Å². The van der Waals surface area contributed by atoms with Crippen molar-refractivity contribution in [2.24, 2.45) is 10.7 Å². The predicted octanol–water partition coefficient (Wildman–Crippen LogP) is 4.48. The van der Waals surface area contributed by atoms with Crippen LogP contribution in [0.15, 0.2) is 47.5 Å². The molecular weight excluding hydrogens is 345 g/mol. The minimum absolute atomic E-state index is 0.0578. The van der Waals surface area contributed by atoms with Gasteiger partial charge in [0.15, 0.2) is 5.96 Å². The fraction of sp³-hybridized carbons (Fsp3) is 0.278. The number of aliphatic imine (C=N–C) groups is 1. The molecule has 3 rings (SSSR count). The van der Waals surface area contributed by atoms with Crippen molar-refractivity contribution in [2.45, 2.75) is 25.4 Å². The third-order valence-electron chi connectivity index (χ3n) is 4.00. The summed E-state index contributed by atoms with van der Waals surface area (Å²) in [6, 6.07) is 13.6. The van der Waals surface area contributed by atoms with Crippen molar-refractivity contribution in [1.82, 2.24) is 5.32 Å². The summed E-state index contributed by atoms with van der Waals surface area (Å²) in [5.74, 6) is 1.29. The molecule has 0 aliphatic carbocycles. The van der Waals surface area contributed by atoms with E-state index in [0.717, 1.165) is 23.3 Å². The van der Waals surface area contributed by atoms with Crippen LogP contribution < -0.4 is 15.8 Å². The third-order valence-corrected chi connectivity index (χ3v) is 4.74. The van der Waals surface area contributed by atoms with Crippen LogP contribution in [-0.2, 0) is 0 Å². The lowest BCUT2D eigenvalue weighted by Gasteiger charge is -2.29. The third kappa shape index (κ3) is 3.77. The standard InChI is InChI=1S/C18H19Cl2N3O/c1-2-24-13-6-3-11(4-7-13)16-10-17(23-18(21)22-16)12-5-8-14(19)15(20)9-12/h3-9,16-17H,2,10H2,1H3,(H3,21,22,23). The maximum Gasteiger partial charge on any atom is 0.189 e. The summed E-state index contributed by atoms with van der Waals surface area (Å²) in [6.45, 7) is 2.62. The van der Waals surface area contributed by atoms with E-state index >= 15 is 0 Å². The number of nitrogens with one attached hydrogen (secondary N) is 1. The molecular formula is C18H19Cl2N3O. The van der Waals surface area contributed by atoms with Crippen LogP contribution in [0.4, 0.5) is 0 Å². The highest BCUT2D eigenvalue weighted by Crippen LogP contribution is 2.35. The summed E-state index contributed by atoms with van der Waals surface area (Å²) >= 11 is 12.1. The quantitative estimate of drug-likeness (QED) is 0.841. The summed E-state index contributed by atoms with van der Waals surface area (Å²) in [6.07, 6.45) is 0.784. The first-order chi connectivity index (χ1) is 11.6. The zero-order valence-electron chi connectivity index (χ0n) is 13.3. The van der Waals surface area contributed by atoms with E-state index in [4.69, 9.17) is 33.7 Å². The second-order valence-corrected chi connectivity index (χ2v) is 6.45. The molecule has 0 radical (unpaired) electrons. The van der Waals surface area contributed by atoms with Crippen molar-refractivity contribution in [3.8, 4) is 5.75 Å². The van der Waals surface area contributed by atoms with E-state index in [1.165, 1.54) is 0 Å². The van der Waals surface area contributed by atoms with Crippen LogP contribution in [0.2, 0.25) is 10.0 Å². The molecule has 0 spiro atoms. The van der Waals surface area contributed by atoms with Crippen molar-refractivity contribution < 1.29 is 4.74 Å². The van der Waals surface area contributed by atoms with Gasteiger partial charge in [-0.2, -0.15) is 0 Å². The number of guanidine groups is 1. The summed E-state index contributed by atoms with van der Waals surface area (Å²) in [4.78, 5) is 4.50. The van der Waals surface area contributed by atoms with Gasteiger partial charge in [-0.05, 0) is 48.7 Å². The number of ether oxygens (including phenoxy) is 1. The van der Waals surface area contributed by atoms with Gasteiger partial charge in [0.05, 0.1) is 28.7 Å². The molecule has 1 aliphatic heterocycles. The van der Waals surface area contributed by atoms with Gasteiger partial charge in [0, 0.05) is 0 Å². The average Bonchev–Trinajstić information content (AvgIpc) is 2.58. The smallest absolute Gasteiger partial charge is 0.189 e. The van der Waals surface area contributed by atoms with Gasteiger partial charge in [-0.1, -0.05) is 41.4 Å². The number of hydrogen-bond donors (Lipinski definition) is 2. The number of benzene rings is 2. The largest absolute Gasteiger partial charge is 0.494 e. The monoisotopic (exact) mass is 363 g/mol. The molecule has 24 heavy (non-hydrogen) atoms. The van der Waals surface area contributed by atoms with E-state index in [1.807, 2.05) is 43.3 Å². The molecule has 4 nitrogen and oxygen atoms in total. The maximum atomic E-state index is 6.13. The zero-order valence-corrected chi connectivity index (χ0v) is 14.8. The van der Waals surface area contributed by atoms with Gasteiger partial charge >= 0.3 is 0 Å². The number of hydrogen-bond acceptors (Lipinski definition) is 4. The highest BCUT2D eigenvalue weighted by molar-refractivity contribution is 6.42. The molecule has 1 aliphatic rings. The molecule has 1 heterocycles. The fourth-order valence-electron chi connectivity index (χ4n) is 2.83. The molecule has 2 atom stereocenters. The Bertz CT molecular complexity index is 746. The molecule has 2 unspecified atom stereocenters. The lowest BCUT2D eigenvalue weighted by Crippen LogP contribution is -2.39. The number of rotatable bonds is 4. The van der Waals surface area contributed by atoms with Gasteiger partial charge in [0.25, 0.3) is 0 Å². The van der Waals surface area contributed by atoms with Gasteiger partial charge < -0.3 is 15.8 Å². The van der Waals surface area contributed by atoms with Gasteiger partial charge in [-0.25, -0.2) is 4.99 Å². The summed E-state index contributed by atoms with van der Waals surface area (Å²) in [5.41, 5.74) is 8.14. The Morgan fingerprint density at radius 3 is 2.50 bits per heavy atom. The van der Waals surface area contributed by atoms with Crippen molar-refractivity contribution in [1.29, 1.82) is 0 Å². The van der Waals surface area contributed by atoms with E-state index in [2.05, 4.69) is 10.3 Å². The molecule has 3 N–H and O–H groups in total. The Kier molecular flexibility index (Phi) is 5.17. The summed E-state index contributed by atoms with van der Waals surface area (Å²) in [5, 5.41) is 4.30. The van der Waals surface area contributed by atoms with Crippen LogP contribution in [0.1, 0.15) is 36.6 Å². The van der Waals surface area contributed by atoms with Crippen molar-refractivity contribution in [2.75, 3.05) is 6.61 Å². The SMILES string of the molecule is CCOc1ccc(C2CC(c3ccc(Cl)c(Cl)c3)N=C(N)N2)cc1. The molecule has 2 aromatic rings. The first kappa shape index (κ1) is 16.9. The molecule has 0 fully saturated rings. The van der Waals surface area contributed by atoms with Gasteiger partial charge in [-0.3, -0.25) is 0 Å². The summed E-state index contributed by atoms with van der Waals surface area (Å²) in [7, 11) is 0. The predicted molar refractivity (Wildman–Crippen MR) is 98.9 cm³/mol. The van der Waals surface area contributed by atoms with Crippen LogP contribution in [0.5, 0.6) is 5.75 Å². The minimum atomic E-state index is -0.0578. The van der Waals surface area contributed by atoms with E-state index in [-0.39, 0.29) is 12.1 Å². The molecule has 0 bridgehead atoms. The Morgan fingerprint density at radius 2 is 1.83 bits per heavy atom. The van der Waals surface area contributed by atoms with Crippen LogP contribution in [0, 0.1) is 0 Å². The van der Waals surface area contributed by atoms with E-state index < -0.39 is 0 Å². The molecule has 0 saturated carbocycles.